The van der Waals surface area contributed by atoms with Gasteiger partial charge >= 0.3 is 0 Å². The van der Waals surface area contributed by atoms with Crippen molar-refractivity contribution < 1.29 is 9.90 Å². The van der Waals surface area contributed by atoms with Crippen molar-refractivity contribution in [3.63, 3.8) is 0 Å². The lowest BCUT2D eigenvalue weighted by molar-refractivity contribution is -0.140. The summed E-state index contributed by atoms with van der Waals surface area (Å²) < 4.78 is 0. The van der Waals surface area contributed by atoms with Gasteiger partial charge in [0.25, 0.3) is 0 Å². The van der Waals surface area contributed by atoms with Gasteiger partial charge in [0.2, 0.25) is 5.91 Å². The van der Waals surface area contributed by atoms with Crippen LogP contribution in [0.1, 0.15) is 52.4 Å². The summed E-state index contributed by atoms with van der Waals surface area (Å²) in [5.74, 6) is 1.57. The van der Waals surface area contributed by atoms with Crippen LogP contribution in [0.5, 0.6) is 0 Å². The molecular formula is C23H35ClN2O2. The Morgan fingerprint density at radius 2 is 1.68 bits per heavy atom. The molecule has 1 amide bonds. The number of carbonyl (C=O) groups excluding carboxylic acids is 1. The third-order valence-corrected chi connectivity index (χ3v) is 7.67. The van der Waals surface area contributed by atoms with Gasteiger partial charge in [0.05, 0.1) is 18.1 Å². The molecule has 1 spiro atoms. The molecule has 1 atom stereocenters. The maximum atomic E-state index is 12.7. The fourth-order valence-electron chi connectivity index (χ4n) is 5.89. The van der Waals surface area contributed by atoms with Gasteiger partial charge in [-0.05, 0) is 62.5 Å². The van der Waals surface area contributed by atoms with Gasteiger partial charge in [-0.3, -0.25) is 4.79 Å². The van der Waals surface area contributed by atoms with E-state index in [1.165, 1.54) is 25.7 Å². The van der Waals surface area contributed by atoms with Crippen LogP contribution in [0.4, 0.5) is 5.69 Å². The van der Waals surface area contributed by atoms with E-state index >= 15 is 0 Å². The lowest BCUT2D eigenvalue weighted by atomic mass is 9.66. The highest BCUT2D eigenvalue weighted by Crippen LogP contribution is 2.48. The number of halogens is 1. The van der Waals surface area contributed by atoms with Gasteiger partial charge in [0, 0.05) is 24.8 Å². The molecular weight excluding hydrogens is 372 g/mol. The summed E-state index contributed by atoms with van der Waals surface area (Å²) in [5, 5.41) is 9.87. The Kier molecular flexibility index (Phi) is 6.73. The first-order valence-corrected chi connectivity index (χ1v) is 10.8. The Hall–Kier alpha value is -1.10. The number of carbonyl (C=O) groups is 1. The molecule has 0 radical (unpaired) electrons. The second kappa shape index (κ2) is 8.73. The molecule has 3 aliphatic rings. The van der Waals surface area contributed by atoms with Gasteiger partial charge in [-0.15, -0.1) is 12.4 Å². The molecule has 0 aromatic heterocycles. The zero-order valence-corrected chi connectivity index (χ0v) is 18.0. The van der Waals surface area contributed by atoms with E-state index in [1.807, 2.05) is 35.2 Å². The lowest BCUT2D eigenvalue weighted by Gasteiger charge is -2.60. The van der Waals surface area contributed by atoms with Gasteiger partial charge in [-0.2, -0.15) is 0 Å². The van der Waals surface area contributed by atoms with Crippen LogP contribution in [0.2, 0.25) is 0 Å². The molecule has 1 aliphatic carbocycles. The van der Waals surface area contributed by atoms with Gasteiger partial charge in [-0.25, -0.2) is 0 Å². The van der Waals surface area contributed by atoms with Crippen LogP contribution < -0.4 is 4.90 Å². The Morgan fingerprint density at radius 1 is 1.07 bits per heavy atom. The topological polar surface area (TPSA) is 43.8 Å². The molecule has 4 rings (SSSR count). The third kappa shape index (κ3) is 3.59. The molecule has 4 nitrogen and oxygen atoms in total. The molecule has 1 N–H and O–H groups in total. The third-order valence-electron chi connectivity index (χ3n) is 7.67. The minimum atomic E-state index is -0.225. The fraction of sp³-hybridized carbons (Fsp3) is 0.696. The van der Waals surface area contributed by atoms with Crippen LogP contribution >= 0.6 is 12.4 Å². The number of likely N-dealkylation sites (tertiary alicyclic amines) is 1. The van der Waals surface area contributed by atoms with E-state index < -0.39 is 0 Å². The van der Waals surface area contributed by atoms with E-state index in [-0.39, 0.29) is 36.4 Å². The van der Waals surface area contributed by atoms with Crippen molar-refractivity contribution in [2.45, 2.75) is 64.0 Å². The molecule has 1 aromatic carbocycles. The highest BCUT2D eigenvalue weighted by atomic mass is 35.5. The number of rotatable bonds is 4. The smallest absolute Gasteiger partial charge is 0.235 e. The molecule has 3 fully saturated rings. The van der Waals surface area contributed by atoms with Gasteiger partial charge in [-0.1, -0.05) is 32.0 Å². The zero-order chi connectivity index (χ0) is 19.0. The van der Waals surface area contributed by atoms with Crippen LogP contribution in [0.3, 0.4) is 0 Å². The number of hydrogen-bond acceptors (Lipinski definition) is 3. The second-order valence-corrected chi connectivity index (χ2v) is 9.20. The van der Waals surface area contributed by atoms with Crippen molar-refractivity contribution in [2.24, 2.45) is 17.8 Å². The molecule has 5 heteroatoms. The first-order chi connectivity index (χ1) is 13.1. The monoisotopic (exact) mass is 406 g/mol. The van der Waals surface area contributed by atoms with Crippen LogP contribution in [0, 0.1) is 17.8 Å². The minimum Gasteiger partial charge on any atom is -0.395 e. The summed E-state index contributed by atoms with van der Waals surface area (Å²) >= 11 is 0. The molecule has 2 saturated heterocycles. The highest BCUT2D eigenvalue weighted by molar-refractivity contribution is 6.05. The predicted molar refractivity (Wildman–Crippen MR) is 116 cm³/mol. The molecule has 1 aromatic rings. The van der Waals surface area contributed by atoms with Crippen molar-refractivity contribution in [1.82, 2.24) is 4.90 Å². The number of aliphatic hydroxyl groups is 1. The quantitative estimate of drug-likeness (QED) is 0.765. The summed E-state index contributed by atoms with van der Waals surface area (Å²) in [6.07, 6.45) is 7.31. The first-order valence-electron chi connectivity index (χ1n) is 10.8. The van der Waals surface area contributed by atoms with Gasteiger partial charge in [0.15, 0.2) is 0 Å². The fourth-order valence-corrected chi connectivity index (χ4v) is 5.89. The summed E-state index contributed by atoms with van der Waals surface area (Å²) in [7, 11) is 0. The van der Waals surface area contributed by atoms with E-state index in [4.69, 9.17) is 0 Å². The summed E-state index contributed by atoms with van der Waals surface area (Å²) in [4.78, 5) is 17.4. The average molecular weight is 407 g/mol. The van der Waals surface area contributed by atoms with Crippen LogP contribution in [0.25, 0.3) is 0 Å². The molecule has 2 heterocycles. The van der Waals surface area contributed by atoms with E-state index in [9.17, 15) is 9.90 Å². The Balaban J connectivity index is 0.00000225. The normalized spacial score (nSPS) is 30.2. The van der Waals surface area contributed by atoms with Gasteiger partial charge < -0.3 is 14.9 Å². The van der Waals surface area contributed by atoms with Crippen molar-refractivity contribution in [2.75, 3.05) is 24.6 Å². The molecule has 156 valence electrons. The van der Waals surface area contributed by atoms with E-state index in [1.54, 1.807) is 0 Å². The van der Waals surface area contributed by atoms with Gasteiger partial charge in [0.1, 0.15) is 0 Å². The maximum Gasteiger partial charge on any atom is 0.235 e. The summed E-state index contributed by atoms with van der Waals surface area (Å²) in [6, 6.07) is 10.7. The molecule has 0 bridgehead atoms. The minimum absolute atomic E-state index is 0. The number of anilines is 1. The van der Waals surface area contributed by atoms with E-state index in [2.05, 4.69) is 18.7 Å². The predicted octanol–water partition coefficient (Wildman–Crippen LogP) is 4.11. The summed E-state index contributed by atoms with van der Waals surface area (Å²) in [6.45, 7) is 6.78. The van der Waals surface area contributed by atoms with Crippen LogP contribution in [-0.2, 0) is 4.79 Å². The van der Waals surface area contributed by atoms with E-state index in [0.717, 1.165) is 43.5 Å². The van der Waals surface area contributed by atoms with Crippen molar-refractivity contribution in [1.29, 1.82) is 0 Å². The zero-order valence-electron chi connectivity index (χ0n) is 17.2. The Bertz CT molecular complexity index is 650. The number of para-hydroxylation sites is 1. The van der Waals surface area contributed by atoms with Crippen LogP contribution in [-0.4, -0.2) is 47.2 Å². The summed E-state index contributed by atoms with van der Waals surface area (Å²) in [5.41, 5.74) is 0.803. The lowest BCUT2D eigenvalue weighted by Crippen LogP contribution is -2.75. The van der Waals surface area contributed by atoms with Crippen molar-refractivity contribution in [3.8, 4) is 0 Å². The number of hydrogen-bond donors (Lipinski definition) is 1. The number of piperidine rings is 1. The van der Waals surface area contributed by atoms with Crippen molar-refractivity contribution in [3.05, 3.63) is 30.3 Å². The largest absolute Gasteiger partial charge is 0.395 e. The van der Waals surface area contributed by atoms with Crippen molar-refractivity contribution >= 4 is 24.0 Å². The number of amides is 1. The molecule has 28 heavy (non-hydrogen) atoms. The number of β-lactam (4-membered cyclic amide) rings is 1. The number of nitrogens with zero attached hydrogens (tertiary/aromatic N) is 2. The molecule has 0 unspecified atom stereocenters. The Labute approximate surface area is 175 Å². The maximum absolute atomic E-state index is 12.7. The number of aliphatic hydroxyl groups excluding tert-OH is 1. The highest BCUT2D eigenvalue weighted by Gasteiger charge is 2.60. The average Bonchev–Trinajstić information content (AvgIpc) is 2.70. The second-order valence-electron chi connectivity index (χ2n) is 9.20. The SMILES string of the molecule is CC(C)C1CCC(N2CCC3(CC2)[C@@H](CO)C(=O)N3c2ccccc2)CC1.Cl. The first kappa shape index (κ1) is 21.6. The Morgan fingerprint density at radius 3 is 2.21 bits per heavy atom. The molecule has 1 saturated carbocycles. The van der Waals surface area contributed by atoms with E-state index in [0.29, 0.717) is 6.04 Å². The number of benzene rings is 1. The molecule has 2 aliphatic heterocycles. The standard InChI is InChI=1S/C23H34N2O2.ClH/c1-17(2)18-8-10-19(11-9-18)24-14-12-23(13-15-24)21(16-26)22(27)25(23)20-6-4-3-5-7-20;/h3-7,17-19,21,26H,8-16H2,1-2H3;1H/t18?,19?,21-;/m0./s1. The van der Waals surface area contributed by atoms with Crippen LogP contribution in [0.15, 0.2) is 30.3 Å².